The van der Waals surface area contributed by atoms with Crippen LogP contribution in [-0.2, 0) is 0 Å². The van der Waals surface area contributed by atoms with Crippen molar-refractivity contribution in [1.29, 1.82) is 0 Å². The van der Waals surface area contributed by atoms with Gasteiger partial charge in [-0.3, -0.25) is 0 Å². The zero-order valence-corrected chi connectivity index (χ0v) is 44.3. The van der Waals surface area contributed by atoms with Crippen molar-refractivity contribution < 1.29 is 58.3 Å². The minimum Gasteiger partial charge on any atom is -0.855 e. The molecule has 0 spiro atoms. The molecule has 0 aliphatic carbocycles. The number of benzene rings is 2. The Morgan fingerprint density at radius 2 is 1.03 bits per heavy atom. The largest absolute Gasteiger partial charge is 1.00 e. The van der Waals surface area contributed by atoms with E-state index in [-0.39, 0.29) is 41.4 Å². The van der Waals surface area contributed by atoms with Gasteiger partial charge in [-0.2, -0.15) is 15.0 Å². The molecule has 8 heterocycles. The van der Waals surface area contributed by atoms with Crippen molar-refractivity contribution in [2.24, 2.45) is 0 Å². The molecular weight excluding hydrogens is 935 g/mol. The average Bonchev–Trinajstić information content (AvgIpc) is 3.93. The van der Waals surface area contributed by atoms with Crippen LogP contribution in [0.2, 0.25) is 5.28 Å². The topological polar surface area (TPSA) is 177 Å². The maximum absolute atomic E-state index is 8.93. The SMILES string of the molecule is CCOc1nc(N2CCNCC2)c2sc3nc(-c4ccc(OC)c(OC)c4)cc(C)c3c2n1.CC[O-].COc1ccc(-c2cc(C)c3c(n2)sc2c(N4CCNCC4)nc(Cl)nc23)cc1OC.[Na+]. The van der Waals surface area contributed by atoms with E-state index in [0.29, 0.717) is 35.6 Å². The fourth-order valence-electron chi connectivity index (χ4n) is 8.22. The summed E-state index contributed by atoms with van der Waals surface area (Å²) in [4.78, 5) is 35.1. The number of nitrogens with zero attached hydrogens (tertiary/aromatic N) is 8. The molecule has 2 N–H and O–H groups in total. The zero-order valence-electron chi connectivity index (χ0n) is 39.9. The van der Waals surface area contributed by atoms with E-state index in [9.17, 15) is 0 Å². The standard InChI is InChI=1S/C24H27N5O3S.C22H22ClN5O2S.C2H5O.Na/c1-5-32-24-27-20-19-14(2)12-16(15-6-7-17(30-3)18(13-15)31-4)26-23(19)33-21(20)22(28-24)29-10-8-25-9-11-29;1-12-10-14(13-4-5-15(29-2)16(11-13)30-3)25-21-17(12)18-19(31-21)20(27-22(23)26-18)28-8-6-24-7-9-28;1-2-3;/h6-7,12-13,25H,5,8-11H2,1-4H3;4-5,10-11,24H,6-9H2,1-3H3;2H2,1H3;/q;;-1;+1. The molecule has 68 heavy (non-hydrogen) atoms. The van der Waals surface area contributed by atoms with Crippen molar-refractivity contribution in [3.63, 3.8) is 0 Å². The Morgan fingerprint density at radius 1 is 0.603 bits per heavy atom. The Bertz CT molecular complexity index is 3040. The molecule has 0 unspecified atom stereocenters. The van der Waals surface area contributed by atoms with Gasteiger partial charge in [0.1, 0.15) is 15.2 Å². The minimum absolute atomic E-state index is 0. The van der Waals surface area contributed by atoms with Gasteiger partial charge >= 0.3 is 35.6 Å². The van der Waals surface area contributed by atoms with Crippen molar-refractivity contribution in [3.05, 3.63) is 64.9 Å². The summed E-state index contributed by atoms with van der Waals surface area (Å²) in [6.45, 7) is 15.5. The van der Waals surface area contributed by atoms with Gasteiger partial charge in [-0.15, -0.1) is 29.3 Å². The summed E-state index contributed by atoms with van der Waals surface area (Å²) in [5, 5.41) is 18.1. The number of thiophene rings is 2. The van der Waals surface area contributed by atoms with E-state index >= 15 is 0 Å². The monoisotopic (exact) mass is 988 g/mol. The molecule has 10 rings (SSSR count). The molecule has 2 aromatic carbocycles. The Morgan fingerprint density at radius 3 is 1.46 bits per heavy atom. The van der Waals surface area contributed by atoms with Crippen LogP contribution in [0.15, 0.2) is 48.5 Å². The van der Waals surface area contributed by atoms with Crippen LogP contribution in [-0.4, -0.2) is 124 Å². The van der Waals surface area contributed by atoms with Gasteiger partial charge in [0, 0.05) is 74.3 Å². The summed E-state index contributed by atoms with van der Waals surface area (Å²) in [5.41, 5.74) is 7.69. The third kappa shape index (κ3) is 10.6. The van der Waals surface area contributed by atoms with Crippen LogP contribution >= 0.6 is 34.3 Å². The first kappa shape index (κ1) is 51.0. The first-order valence-corrected chi connectivity index (χ1v) is 24.1. The molecule has 0 radical (unpaired) electrons. The zero-order chi connectivity index (χ0) is 47.2. The van der Waals surface area contributed by atoms with E-state index < -0.39 is 0 Å². The maximum atomic E-state index is 8.93. The number of pyridine rings is 2. The normalized spacial score (nSPS) is 13.7. The molecule has 2 fully saturated rings. The molecule has 8 aromatic rings. The van der Waals surface area contributed by atoms with Crippen LogP contribution in [0.25, 0.3) is 63.4 Å². The van der Waals surface area contributed by atoms with Crippen LogP contribution in [0.3, 0.4) is 0 Å². The first-order valence-electron chi connectivity index (χ1n) is 22.1. The summed E-state index contributed by atoms with van der Waals surface area (Å²) in [6, 6.07) is 16.3. The third-order valence-electron chi connectivity index (χ3n) is 11.4. The molecule has 2 saturated heterocycles. The average molecular weight is 990 g/mol. The van der Waals surface area contributed by atoms with E-state index in [0.717, 1.165) is 139 Å². The number of aromatic nitrogens is 6. The molecule has 2 aliphatic rings. The van der Waals surface area contributed by atoms with Crippen molar-refractivity contribution in [1.82, 2.24) is 40.5 Å². The number of fused-ring (bicyclic) bond motifs is 6. The predicted molar refractivity (Wildman–Crippen MR) is 269 cm³/mol. The Labute approximate surface area is 430 Å². The fraction of sp³-hybridized carbons (Fsp3) is 0.375. The van der Waals surface area contributed by atoms with Crippen molar-refractivity contribution in [2.45, 2.75) is 27.7 Å². The molecule has 6 aromatic heterocycles. The number of nitrogens with one attached hydrogen (secondary N) is 2. The van der Waals surface area contributed by atoms with Gasteiger partial charge in [-0.25, -0.2) is 15.0 Å². The quantitative estimate of drug-likeness (QED) is 0.142. The van der Waals surface area contributed by atoms with Crippen molar-refractivity contribution >= 4 is 86.8 Å². The molecule has 2 aliphatic heterocycles. The summed E-state index contributed by atoms with van der Waals surface area (Å²) >= 11 is 9.59. The number of aryl methyl sites for hydroxylation is 2. The molecule has 0 amide bonds. The predicted octanol–water partition coefficient (Wildman–Crippen LogP) is 4.71. The number of methoxy groups -OCH3 is 4. The van der Waals surface area contributed by atoms with Crippen LogP contribution in [0.5, 0.6) is 29.0 Å². The van der Waals surface area contributed by atoms with Crippen LogP contribution in [0, 0.1) is 13.8 Å². The number of rotatable bonds is 10. The Kier molecular flexibility index (Phi) is 17.3. The fourth-order valence-corrected chi connectivity index (χ4v) is 10.8. The number of hydrogen-bond acceptors (Lipinski definition) is 18. The molecule has 0 bridgehead atoms. The molecular formula is C48H54ClN10NaO6S2. The number of piperazine rings is 2. The van der Waals surface area contributed by atoms with Gasteiger partial charge in [0.2, 0.25) is 5.28 Å². The summed E-state index contributed by atoms with van der Waals surface area (Å²) in [7, 11) is 6.54. The Balaban J connectivity index is 0.000000188. The van der Waals surface area contributed by atoms with Crippen LogP contribution in [0.1, 0.15) is 25.0 Å². The molecule has 20 heteroatoms. The van der Waals surface area contributed by atoms with E-state index in [1.807, 2.05) is 43.3 Å². The van der Waals surface area contributed by atoms with Gasteiger partial charge < -0.3 is 49.2 Å². The molecule has 0 atom stereocenters. The first-order chi connectivity index (χ1) is 32.6. The van der Waals surface area contributed by atoms with E-state index in [1.54, 1.807) is 58.0 Å². The third-order valence-corrected chi connectivity index (χ3v) is 13.7. The number of hydrogen-bond donors (Lipinski definition) is 2. The van der Waals surface area contributed by atoms with E-state index in [1.165, 1.54) is 0 Å². The number of halogens is 1. The van der Waals surface area contributed by atoms with Crippen molar-refractivity contribution in [2.75, 3.05) is 104 Å². The summed E-state index contributed by atoms with van der Waals surface area (Å²) < 4.78 is 29.5. The second kappa shape index (κ2) is 23.1. The van der Waals surface area contributed by atoms with Gasteiger partial charge in [0.15, 0.2) is 34.6 Å². The van der Waals surface area contributed by atoms with E-state index in [2.05, 4.69) is 56.4 Å². The smallest absolute Gasteiger partial charge is 0.855 e. The number of ether oxygens (including phenoxy) is 5. The van der Waals surface area contributed by atoms with Gasteiger partial charge in [-0.1, -0.05) is 6.92 Å². The van der Waals surface area contributed by atoms with Crippen LogP contribution in [0.4, 0.5) is 11.6 Å². The summed E-state index contributed by atoms with van der Waals surface area (Å²) in [5.74, 6) is 4.57. The number of anilines is 2. The summed E-state index contributed by atoms with van der Waals surface area (Å²) in [6.07, 6.45) is 0. The molecule has 352 valence electrons. The van der Waals surface area contributed by atoms with Gasteiger partial charge in [0.25, 0.3) is 0 Å². The van der Waals surface area contributed by atoms with Crippen molar-refractivity contribution in [3.8, 4) is 51.5 Å². The van der Waals surface area contributed by atoms with Crippen LogP contribution < -0.4 is 78.8 Å². The second-order valence-corrected chi connectivity index (χ2v) is 17.9. The van der Waals surface area contributed by atoms with Gasteiger partial charge in [0.05, 0.1) is 61.4 Å². The van der Waals surface area contributed by atoms with E-state index in [4.69, 9.17) is 60.3 Å². The maximum Gasteiger partial charge on any atom is 1.00 e. The Hall–Kier alpha value is -4.89. The second-order valence-electron chi connectivity index (χ2n) is 15.6. The minimum atomic E-state index is 0. The molecule has 0 saturated carbocycles. The van der Waals surface area contributed by atoms with Gasteiger partial charge in [-0.05, 0) is 92.0 Å². The molecule has 16 nitrogen and oxygen atoms in total.